The summed E-state index contributed by atoms with van der Waals surface area (Å²) in [6, 6.07) is 14.8. The summed E-state index contributed by atoms with van der Waals surface area (Å²) in [5, 5.41) is 6.00. The number of hydrogen-bond acceptors (Lipinski definition) is 2. The van der Waals surface area contributed by atoms with Crippen LogP contribution in [0.25, 0.3) is 0 Å². The van der Waals surface area contributed by atoms with Crippen LogP contribution in [0.2, 0.25) is 0 Å². The van der Waals surface area contributed by atoms with Gasteiger partial charge in [0, 0.05) is 11.6 Å². The molecule has 2 aromatic rings. The van der Waals surface area contributed by atoms with Crippen LogP contribution in [0.4, 0.5) is 5.69 Å². The minimum Gasteiger partial charge on any atom is -0.349 e. The van der Waals surface area contributed by atoms with E-state index < -0.39 is 0 Å². The van der Waals surface area contributed by atoms with Gasteiger partial charge in [-0.1, -0.05) is 49.6 Å². The highest BCUT2D eigenvalue weighted by atomic mass is 16.2. The predicted octanol–water partition coefficient (Wildman–Crippen LogP) is 4.31. The van der Waals surface area contributed by atoms with Gasteiger partial charge in [0.05, 0.1) is 11.3 Å². The van der Waals surface area contributed by atoms with Crippen LogP contribution >= 0.6 is 0 Å². The van der Waals surface area contributed by atoms with Gasteiger partial charge in [0.25, 0.3) is 11.8 Å². The number of carbonyl (C=O) groups is 2. The van der Waals surface area contributed by atoms with Gasteiger partial charge in [-0.3, -0.25) is 9.59 Å². The van der Waals surface area contributed by atoms with Crippen LogP contribution in [0.15, 0.2) is 48.5 Å². The van der Waals surface area contributed by atoms with Crippen molar-refractivity contribution < 1.29 is 9.59 Å². The summed E-state index contributed by atoms with van der Waals surface area (Å²) in [6.07, 6.45) is 5.63. The second-order valence-corrected chi connectivity index (χ2v) is 6.62. The zero-order valence-corrected chi connectivity index (χ0v) is 14.5. The summed E-state index contributed by atoms with van der Waals surface area (Å²) >= 11 is 0. The maximum absolute atomic E-state index is 12.7. The molecule has 0 heterocycles. The molecule has 2 aromatic carbocycles. The first-order chi connectivity index (χ1) is 12.1. The quantitative estimate of drug-likeness (QED) is 0.874. The molecule has 1 saturated carbocycles. The van der Waals surface area contributed by atoms with Crippen LogP contribution in [-0.4, -0.2) is 17.9 Å². The lowest BCUT2D eigenvalue weighted by atomic mass is 9.95. The molecule has 0 bridgehead atoms. The lowest BCUT2D eigenvalue weighted by Crippen LogP contribution is -2.36. The van der Waals surface area contributed by atoms with E-state index in [2.05, 4.69) is 10.6 Å². The molecule has 0 aliphatic heterocycles. The van der Waals surface area contributed by atoms with Crippen molar-refractivity contribution in [3.8, 4) is 0 Å². The molecular weight excluding hydrogens is 312 g/mol. The minimum absolute atomic E-state index is 0.118. The summed E-state index contributed by atoms with van der Waals surface area (Å²) in [7, 11) is 0. The maximum atomic E-state index is 12.7. The normalized spacial score (nSPS) is 14.8. The van der Waals surface area contributed by atoms with Crippen LogP contribution in [0.5, 0.6) is 0 Å². The van der Waals surface area contributed by atoms with E-state index >= 15 is 0 Å². The Bertz CT molecular complexity index is 764. The van der Waals surface area contributed by atoms with Gasteiger partial charge in [0.2, 0.25) is 0 Å². The highest BCUT2D eigenvalue weighted by molar-refractivity contribution is 6.09. The summed E-state index contributed by atoms with van der Waals surface area (Å²) < 4.78 is 0. The van der Waals surface area contributed by atoms with Gasteiger partial charge >= 0.3 is 0 Å². The van der Waals surface area contributed by atoms with E-state index in [1.54, 1.807) is 18.2 Å². The van der Waals surface area contributed by atoms with E-state index in [1.165, 1.54) is 6.42 Å². The molecule has 1 aliphatic rings. The molecule has 2 N–H and O–H groups in total. The standard InChI is InChI=1S/C21H24N2O2/c1-15-9-5-6-12-17(15)20(24)23-19-14-8-7-13-18(19)21(25)22-16-10-3-2-4-11-16/h5-9,12-14,16H,2-4,10-11H2,1H3,(H,22,25)(H,23,24). The smallest absolute Gasteiger partial charge is 0.255 e. The number of benzene rings is 2. The highest BCUT2D eigenvalue weighted by Gasteiger charge is 2.19. The van der Waals surface area contributed by atoms with E-state index in [-0.39, 0.29) is 17.9 Å². The third kappa shape index (κ3) is 4.27. The van der Waals surface area contributed by atoms with Gasteiger partial charge in [-0.2, -0.15) is 0 Å². The van der Waals surface area contributed by atoms with Crippen LogP contribution in [0.1, 0.15) is 58.4 Å². The molecule has 25 heavy (non-hydrogen) atoms. The molecule has 2 amide bonds. The molecule has 0 spiro atoms. The Morgan fingerprint density at radius 1 is 0.840 bits per heavy atom. The first-order valence-corrected chi connectivity index (χ1v) is 8.92. The third-order valence-electron chi connectivity index (χ3n) is 4.75. The second-order valence-electron chi connectivity index (χ2n) is 6.62. The van der Waals surface area contributed by atoms with Gasteiger partial charge < -0.3 is 10.6 Å². The van der Waals surface area contributed by atoms with Crippen molar-refractivity contribution in [3.05, 3.63) is 65.2 Å². The lowest BCUT2D eigenvalue weighted by molar-refractivity contribution is 0.0928. The topological polar surface area (TPSA) is 58.2 Å². The number of amides is 2. The Balaban J connectivity index is 1.75. The first kappa shape index (κ1) is 17.2. The molecule has 3 rings (SSSR count). The fourth-order valence-electron chi connectivity index (χ4n) is 3.32. The largest absolute Gasteiger partial charge is 0.349 e. The Morgan fingerprint density at radius 3 is 2.20 bits per heavy atom. The molecule has 0 radical (unpaired) electrons. The van der Waals surface area contributed by atoms with Crippen molar-refractivity contribution in [1.29, 1.82) is 0 Å². The Morgan fingerprint density at radius 2 is 1.48 bits per heavy atom. The van der Waals surface area contributed by atoms with Gasteiger partial charge in [-0.25, -0.2) is 0 Å². The van der Waals surface area contributed by atoms with E-state index in [9.17, 15) is 9.59 Å². The number of hydrogen-bond donors (Lipinski definition) is 2. The number of carbonyl (C=O) groups excluding carboxylic acids is 2. The summed E-state index contributed by atoms with van der Waals surface area (Å²) in [5.41, 5.74) is 2.58. The van der Waals surface area contributed by atoms with Crippen LogP contribution in [0.3, 0.4) is 0 Å². The van der Waals surface area contributed by atoms with Gasteiger partial charge in [0.1, 0.15) is 0 Å². The van der Waals surface area contributed by atoms with Crippen LogP contribution in [0, 0.1) is 6.92 Å². The van der Waals surface area contributed by atoms with Gasteiger partial charge in [0.15, 0.2) is 0 Å². The monoisotopic (exact) mass is 336 g/mol. The molecule has 0 unspecified atom stereocenters. The van der Waals surface area contributed by atoms with Crippen molar-refractivity contribution >= 4 is 17.5 Å². The molecule has 1 fully saturated rings. The zero-order chi connectivity index (χ0) is 17.6. The van der Waals surface area contributed by atoms with E-state index in [0.29, 0.717) is 16.8 Å². The van der Waals surface area contributed by atoms with Crippen molar-refractivity contribution in [2.24, 2.45) is 0 Å². The number of anilines is 1. The first-order valence-electron chi connectivity index (χ1n) is 8.92. The number of para-hydroxylation sites is 1. The van der Waals surface area contributed by atoms with Crippen LogP contribution < -0.4 is 10.6 Å². The van der Waals surface area contributed by atoms with Crippen molar-refractivity contribution in [2.45, 2.75) is 45.1 Å². The molecule has 1 aliphatic carbocycles. The molecule has 0 atom stereocenters. The average molecular weight is 336 g/mol. The summed E-state index contributed by atoms with van der Waals surface area (Å²) in [4.78, 5) is 25.2. The third-order valence-corrected chi connectivity index (χ3v) is 4.75. The van der Waals surface area contributed by atoms with E-state index in [4.69, 9.17) is 0 Å². The second kappa shape index (κ2) is 7.97. The molecule has 0 saturated heterocycles. The Kier molecular flexibility index (Phi) is 5.49. The minimum atomic E-state index is -0.198. The number of rotatable bonds is 4. The highest BCUT2D eigenvalue weighted by Crippen LogP contribution is 2.21. The molecule has 130 valence electrons. The molecule has 0 aromatic heterocycles. The van der Waals surface area contributed by atoms with Gasteiger partial charge in [-0.15, -0.1) is 0 Å². The van der Waals surface area contributed by atoms with Crippen LogP contribution in [-0.2, 0) is 0 Å². The van der Waals surface area contributed by atoms with E-state index in [0.717, 1.165) is 31.2 Å². The van der Waals surface area contributed by atoms with Crippen molar-refractivity contribution in [3.63, 3.8) is 0 Å². The molecular formula is C21H24N2O2. The van der Waals surface area contributed by atoms with Crippen molar-refractivity contribution in [1.82, 2.24) is 5.32 Å². The van der Waals surface area contributed by atoms with Gasteiger partial charge in [-0.05, 0) is 43.5 Å². The Labute approximate surface area is 148 Å². The number of nitrogens with one attached hydrogen (secondary N) is 2. The van der Waals surface area contributed by atoms with E-state index in [1.807, 2.05) is 37.3 Å². The maximum Gasteiger partial charge on any atom is 0.255 e. The number of aryl methyl sites for hydroxylation is 1. The fourth-order valence-corrected chi connectivity index (χ4v) is 3.32. The summed E-state index contributed by atoms with van der Waals surface area (Å²) in [6.45, 7) is 1.90. The fraction of sp³-hybridized carbons (Fsp3) is 0.333. The molecule has 4 nitrogen and oxygen atoms in total. The SMILES string of the molecule is Cc1ccccc1C(=O)Nc1ccccc1C(=O)NC1CCCCC1. The summed E-state index contributed by atoms with van der Waals surface area (Å²) in [5.74, 6) is -0.316. The predicted molar refractivity (Wildman–Crippen MR) is 99.9 cm³/mol. The average Bonchev–Trinajstić information content (AvgIpc) is 2.63. The lowest BCUT2D eigenvalue weighted by Gasteiger charge is -2.23. The van der Waals surface area contributed by atoms with Crippen molar-refractivity contribution in [2.75, 3.05) is 5.32 Å². The zero-order valence-electron chi connectivity index (χ0n) is 14.5. The Hall–Kier alpha value is -2.62. The molecule has 4 heteroatoms.